The highest BCUT2D eigenvalue weighted by atomic mass is 19.1. The van der Waals surface area contributed by atoms with Crippen LogP contribution in [0, 0.1) is 18.2 Å². The number of carbonyl (C=O) groups is 1. The Bertz CT molecular complexity index is 878. The van der Waals surface area contributed by atoms with E-state index >= 15 is 0 Å². The lowest BCUT2D eigenvalue weighted by Crippen LogP contribution is -2.49. The van der Waals surface area contributed by atoms with E-state index in [0.717, 1.165) is 29.8 Å². The summed E-state index contributed by atoms with van der Waals surface area (Å²) in [5.74, 6) is 3.44. The lowest BCUT2D eigenvalue weighted by Gasteiger charge is -2.35. The minimum Gasteiger partial charge on any atom is -0.352 e. The van der Waals surface area contributed by atoms with Crippen LogP contribution in [0.5, 0.6) is 0 Å². The molecule has 1 aromatic carbocycles. The molecular formula is C21H21FN4O. The largest absolute Gasteiger partial charge is 0.352 e. The summed E-state index contributed by atoms with van der Waals surface area (Å²) in [5, 5.41) is 0. The normalized spacial score (nSPS) is 16.9. The highest BCUT2D eigenvalue weighted by Gasteiger charge is 2.27. The highest BCUT2D eigenvalue weighted by molar-refractivity contribution is 5.79. The predicted octanol–water partition coefficient (Wildman–Crippen LogP) is 2.37. The van der Waals surface area contributed by atoms with Gasteiger partial charge in [-0.25, -0.2) is 14.4 Å². The van der Waals surface area contributed by atoms with Crippen molar-refractivity contribution in [3.8, 4) is 12.3 Å². The van der Waals surface area contributed by atoms with E-state index in [2.05, 4.69) is 20.8 Å². The average molecular weight is 364 g/mol. The number of benzene rings is 1. The summed E-state index contributed by atoms with van der Waals surface area (Å²) in [6.45, 7) is 2.59. The molecule has 4 rings (SSSR count). The molecule has 1 saturated heterocycles. The Morgan fingerprint density at radius 3 is 2.56 bits per heavy atom. The Labute approximate surface area is 158 Å². The van der Waals surface area contributed by atoms with Gasteiger partial charge >= 0.3 is 0 Å². The number of nitrogens with zero attached hydrogens (tertiary/aromatic N) is 4. The fourth-order valence-corrected chi connectivity index (χ4v) is 3.44. The van der Waals surface area contributed by atoms with Gasteiger partial charge in [-0.05, 0) is 41.9 Å². The first-order chi connectivity index (χ1) is 13.1. The molecule has 1 aliphatic carbocycles. The zero-order chi connectivity index (χ0) is 18.8. The monoisotopic (exact) mass is 364 g/mol. The van der Waals surface area contributed by atoms with Crippen LogP contribution in [0.1, 0.15) is 35.6 Å². The van der Waals surface area contributed by atoms with E-state index < -0.39 is 0 Å². The van der Waals surface area contributed by atoms with Gasteiger partial charge in [0, 0.05) is 26.2 Å². The maximum Gasteiger partial charge on any atom is 0.227 e. The molecule has 1 amide bonds. The molecule has 0 N–H and O–H groups in total. The quantitative estimate of drug-likeness (QED) is 0.782. The maximum atomic E-state index is 14.2. The minimum atomic E-state index is -0.179. The molecule has 2 heterocycles. The number of carbonyl (C=O) groups excluding carboxylic acids is 1. The summed E-state index contributed by atoms with van der Waals surface area (Å²) in [4.78, 5) is 25.0. The molecule has 0 atom stereocenters. The Kier molecular flexibility index (Phi) is 4.76. The van der Waals surface area contributed by atoms with E-state index in [1.165, 1.54) is 6.07 Å². The van der Waals surface area contributed by atoms with Crippen molar-refractivity contribution in [2.45, 2.75) is 25.2 Å². The van der Waals surface area contributed by atoms with Gasteiger partial charge < -0.3 is 9.80 Å². The van der Waals surface area contributed by atoms with Gasteiger partial charge in [-0.3, -0.25) is 4.79 Å². The van der Waals surface area contributed by atoms with Crippen molar-refractivity contribution in [1.82, 2.24) is 14.9 Å². The van der Waals surface area contributed by atoms with Crippen LogP contribution in [-0.2, 0) is 11.2 Å². The van der Waals surface area contributed by atoms with Gasteiger partial charge in [0.2, 0.25) is 5.91 Å². The number of hydrogen-bond donors (Lipinski definition) is 0. The van der Waals surface area contributed by atoms with Crippen LogP contribution in [0.15, 0.2) is 30.6 Å². The van der Waals surface area contributed by atoms with Crippen LogP contribution in [0.4, 0.5) is 10.2 Å². The van der Waals surface area contributed by atoms with Crippen LogP contribution in [0.25, 0.3) is 0 Å². The zero-order valence-electron chi connectivity index (χ0n) is 15.1. The third kappa shape index (κ3) is 3.92. The van der Waals surface area contributed by atoms with Crippen LogP contribution in [0.2, 0.25) is 0 Å². The van der Waals surface area contributed by atoms with Gasteiger partial charge in [0.1, 0.15) is 17.3 Å². The van der Waals surface area contributed by atoms with Crippen LogP contribution < -0.4 is 4.90 Å². The lowest BCUT2D eigenvalue weighted by molar-refractivity contribution is -0.130. The zero-order valence-corrected chi connectivity index (χ0v) is 15.1. The number of terminal acetylenes is 1. The third-order valence-electron chi connectivity index (χ3n) is 5.18. The molecule has 2 aliphatic rings. The van der Waals surface area contributed by atoms with E-state index in [1.807, 2.05) is 17.0 Å². The van der Waals surface area contributed by atoms with Crippen molar-refractivity contribution in [2.24, 2.45) is 0 Å². The maximum absolute atomic E-state index is 14.2. The molecule has 1 saturated carbocycles. The standard InChI is InChI=1S/C21H21FN4O/c1-2-17-13-24-20(14-23-17)25-7-9-26(10-8-25)21(27)12-15-3-6-18(16-4-5-16)19(22)11-15/h1,3,6,11,13-14,16H,4-5,7-10,12H2. The van der Waals surface area contributed by atoms with Gasteiger partial charge in [0.15, 0.2) is 0 Å². The number of piperazine rings is 1. The molecular weight excluding hydrogens is 343 g/mol. The number of aromatic nitrogens is 2. The third-order valence-corrected chi connectivity index (χ3v) is 5.18. The van der Waals surface area contributed by atoms with Crippen molar-refractivity contribution < 1.29 is 9.18 Å². The first-order valence-electron chi connectivity index (χ1n) is 9.24. The van der Waals surface area contributed by atoms with Crippen LogP contribution >= 0.6 is 0 Å². The second-order valence-corrected chi connectivity index (χ2v) is 7.08. The second kappa shape index (κ2) is 7.36. The first kappa shape index (κ1) is 17.5. The Morgan fingerprint density at radius 1 is 1.19 bits per heavy atom. The number of rotatable bonds is 4. The lowest BCUT2D eigenvalue weighted by atomic mass is 10.0. The minimum absolute atomic E-state index is 0.0296. The molecule has 2 aromatic rings. The molecule has 0 bridgehead atoms. The fourth-order valence-electron chi connectivity index (χ4n) is 3.44. The fraction of sp³-hybridized carbons (Fsp3) is 0.381. The smallest absolute Gasteiger partial charge is 0.227 e. The van der Waals surface area contributed by atoms with Crippen molar-refractivity contribution in [1.29, 1.82) is 0 Å². The second-order valence-electron chi connectivity index (χ2n) is 7.08. The van der Waals surface area contributed by atoms with Crippen molar-refractivity contribution in [3.63, 3.8) is 0 Å². The molecule has 27 heavy (non-hydrogen) atoms. The summed E-state index contributed by atoms with van der Waals surface area (Å²) in [5.41, 5.74) is 2.03. The molecule has 6 heteroatoms. The topological polar surface area (TPSA) is 49.3 Å². The van der Waals surface area contributed by atoms with Gasteiger partial charge in [0.25, 0.3) is 0 Å². The van der Waals surface area contributed by atoms with E-state index in [4.69, 9.17) is 6.42 Å². The van der Waals surface area contributed by atoms with Crippen molar-refractivity contribution >= 4 is 11.7 Å². The Morgan fingerprint density at radius 2 is 1.96 bits per heavy atom. The molecule has 0 radical (unpaired) electrons. The molecule has 138 valence electrons. The number of anilines is 1. The van der Waals surface area contributed by atoms with Gasteiger partial charge in [-0.1, -0.05) is 12.1 Å². The Hall–Kier alpha value is -2.94. The summed E-state index contributed by atoms with van der Waals surface area (Å²) in [7, 11) is 0. The Balaban J connectivity index is 1.33. The summed E-state index contributed by atoms with van der Waals surface area (Å²) in [6, 6.07) is 5.24. The SMILES string of the molecule is C#Cc1cnc(N2CCN(C(=O)Cc3ccc(C4CC4)c(F)c3)CC2)cn1. The summed E-state index contributed by atoms with van der Waals surface area (Å²) >= 11 is 0. The average Bonchev–Trinajstić information content (AvgIpc) is 3.53. The summed E-state index contributed by atoms with van der Waals surface area (Å²) < 4.78 is 14.2. The summed E-state index contributed by atoms with van der Waals surface area (Å²) in [6.07, 6.45) is 10.9. The number of halogens is 1. The molecule has 0 unspecified atom stereocenters. The molecule has 1 aromatic heterocycles. The van der Waals surface area contributed by atoms with Gasteiger partial charge in [0.05, 0.1) is 18.8 Å². The molecule has 2 fully saturated rings. The molecule has 0 spiro atoms. The van der Waals surface area contributed by atoms with Gasteiger partial charge in [-0.15, -0.1) is 6.42 Å². The van der Waals surface area contributed by atoms with Crippen molar-refractivity contribution in [2.75, 3.05) is 31.1 Å². The van der Waals surface area contributed by atoms with Crippen molar-refractivity contribution in [3.05, 3.63) is 53.2 Å². The van der Waals surface area contributed by atoms with Gasteiger partial charge in [-0.2, -0.15) is 0 Å². The molecule has 1 aliphatic heterocycles. The molecule has 5 nitrogen and oxygen atoms in total. The van der Waals surface area contributed by atoms with Crippen LogP contribution in [-0.4, -0.2) is 47.0 Å². The van der Waals surface area contributed by atoms with E-state index in [-0.39, 0.29) is 18.1 Å². The van der Waals surface area contributed by atoms with E-state index in [1.54, 1.807) is 12.4 Å². The highest BCUT2D eigenvalue weighted by Crippen LogP contribution is 2.41. The number of amides is 1. The first-order valence-corrected chi connectivity index (χ1v) is 9.24. The van der Waals surface area contributed by atoms with E-state index in [0.29, 0.717) is 37.8 Å². The predicted molar refractivity (Wildman–Crippen MR) is 101 cm³/mol. The number of hydrogen-bond acceptors (Lipinski definition) is 4. The van der Waals surface area contributed by atoms with Crippen LogP contribution in [0.3, 0.4) is 0 Å². The van der Waals surface area contributed by atoms with E-state index in [9.17, 15) is 9.18 Å².